The quantitative estimate of drug-likeness (QED) is 0.435. The average molecular weight is 165 g/mol. The Morgan fingerprint density at radius 3 is 1.89 bits per heavy atom. The summed E-state index contributed by atoms with van der Waals surface area (Å²) < 4.78 is 0. The zero-order chi connectivity index (χ0) is 6.69. The zero-order valence-corrected chi connectivity index (χ0v) is 6.80. The molecule has 0 bridgehead atoms. The molecule has 0 aromatic rings. The first kappa shape index (κ1) is 7.43. The van der Waals surface area contributed by atoms with Crippen LogP contribution in [0.25, 0.3) is 0 Å². The molecule has 52 valence electrons. The Balaban J connectivity index is 2.51. The fraction of sp³-hybridized carbons (Fsp3) is 0.714. The lowest BCUT2D eigenvalue weighted by molar-refractivity contribution is 0.651. The third-order valence-corrected chi connectivity index (χ3v) is 2.42. The molecule has 0 unspecified atom stereocenters. The molecule has 0 spiro atoms. The molecule has 1 saturated carbocycles. The van der Waals surface area contributed by atoms with E-state index in [2.05, 4.69) is 0 Å². The fourth-order valence-corrected chi connectivity index (χ4v) is 1.60. The van der Waals surface area contributed by atoms with Crippen molar-refractivity contribution < 1.29 is 0 Å². The van der Waals surface area contributed by atoms with Crippen molar-refractivity contribution in [3.63, 3.8) is 0 Å². The first-order chi connectivity index (χ1) is 4.38. The van der Waals surface area contributed by atoms with Crippen molar-refractivity contribution in [3.05, 3.63) is 11.1 Å². The molecule has 0 aromatic heterocycles. The summed E-state index contributed by atoms with van der Waals surface area (Å²) in [6, 6.07) is 0. The van der Waals surface area contributed by atoms with Crippen molar-refractivity contribution in [2.45, 2.75) is 19.3 Å². The Hall–Kier alpha value is 0.320. The van der Waals surface area contributed by atoms with Gasteiger partial charge in [0.15, 0.2) is 0 Å². The van der Waals surface area contributed by atoms with E-state index >= 15 is 0 Å². The van der Waals surface area contributed by atoms with E-state index < -0.39 is 0 Å². The number of halogens is 2. The van der Waals surface area contributed by atoms with Crippen molar-refractivity contribution in [2.24, 2.45) is 0 Å². The molecule has 0 heterocycles. The maximum absolute atomic E-state index is 5.63. The minimum atomic E-state index is 0.624. The van der Waals surface area contributed by atoms with Crippen LogP contribution >= 0.6 is 23.2 Å². The molecule has 0 nitrogen and oxygen atoms in total. The van der Waals surface area contributed by atoms with E-state index in [0.29, 0.717) is 11.8 Å². The van der Waals surface area contributed by atoms with Gasteiger partial charge in [0, 0.05) is 11.8 Å². The highest BCUT2D eigenvalue weighted by Gasteiger charge is 2.12. The highest BCUT2D eigenvalue weighted by molar-refractivity contribution is 6.23. The molecule has 0 radical (unpaired) electrons. The van der Waals surface area contributed by atoms with Crippen LogP contribution < -0.4 is 0 Å². The minimum absolute atomic E-state index is 0.624. The normalized spacial score (nSPS) is 17.3. The summed E-state index contributed by atoms with van der Waals surface area (Å²) in [5.74, 6) is 1.25. The fourth-order valence-electron chi connectivity index (χ4n) is 0.932. The molecule has 1 rings (SSSR count). The van der Waals surface area contributed by atoms with E-state index in [1.54, 1.807) is 0 Å². The van der Waals surface area contributed by atoms with E-state index in [0.717, 1.165) is 0 Å². The van der Waals surface area contributed by atoms with Crippen molar-refractivity contribution >= 4 is 23.2 Å². The molecule has 9 heavy (non-hydrogen) atoms. The third-order valence-electron chi connectivity index (χ3n) is 1.78. The number of hydrogen-bond donors (Lipinski definition) is 0. The molecule has 0 N–H and O–H groups in total. The molecule has 0 aromatic carbocycles. The number of allylic oxidation sites excluding steroid dienone is 2. The number of alkyl halides is 2. The second kappa shape index (κ2) is 3.48. The Morgan fingerprint density at radius 2 is 1.78 bits per heavy atom. The molecule has 1 fully saturated rings. The molecule has 0 aliphatic heterocycles. The Kier molecular flexibility index (Phi) is 2.87. The topological polar surface area (TPSA) is 0 Å². The maximum atomic E-state index is 5.63. The predicted octanol–water partition coefficient (Wildman–Crippen LogP) is 2.94. The first-order valence-electron chi connectivity index (χ1n) is 3.20. The molecule has 1 aliphatic rings. The molecular formula is C7H10Cl2. The van der Waals surface area contributed by atoms with Crippen molar-refractivity contribution in [1.29, 1.82) is 0 Å². The van der Waals surface area contributed by atoms with Gasteiger partial charge in [-0.25, -0.2) is 0 Å². The molecule has 1 aliphatic carbocycles. The van der Waals surface area contributed by atoms with Gasteiger partial charge >= 0.3 is 0 Å². The molecule has 2 heteroatoms. The van der Waals surface area contributed by atoms with Crippen molar-refractivity contribution in [3.8, 4) is 0 Å². The smallest absolute Gasteiger partial charge is 0.0447 e. The Morgan fingerprint density at radius 1 is 1.22 bits per heavy atom. The van der Waals surface area contributed by atoms with E-state index in [-0.39, 0.29) is 0 Å². The van der Waals surface area contributed by atoms with Gasteiger partial charge in [0.2, 0.25) is 0 Å². The van der Waals surface area contributed by atoms with Crippen LogP contribution in [0, 0.1) is 0 Å². The molecule has 0 amide bonds. The van der Waals surface area contributed by atoms with Crippen molar-refractivity contribution in [1.82, 2.24) is 0 Å². The average Bonchev–Trinajstić information content (AvgIpc) is 1.78. The van der Waals surface area contributed by atoms with Crippen LogP contribution in [0.4, 0.5) is 0 Å². The molecule has 0 atom stereocenters. The van der Waals surface area contributed by atoms with Gasteiger partial charge in [-0.3, -0.25) is 0 Å². The summed E-state index contributed by atoms with van der Waals surface area (Å²) in [6.45, 7) is 0. The second-order valence-electron chi connectivity index (χ2n) is 2.33. The third kappa shape index (κ3) is 1.62. The zero-order valence-electron chi connectivity index (χ0n) is 5.29. The number of hydrogen-bond acceptors (Lipinski definition) is 0. The van der Waals surface area contributed by atoms with Gasteiger partial charge in [-0.05, 0) is 24.8 Å². The van der Waals surface area contributed by atoms with Crippen LogP contribution in [-0.2, 0) is 0 Å². The van der Waals surface area contributed by atoms with Gasteiger partial charge < -0.3 is 0 Å². The van der Waals surface area contributed by atoms with Gasteiger partial charge in [-0.1, -0.05) is 5.57 Å². The Bertz CT molecular complexity index is 115. The highest BCUT2D eigenvalue weighted by atomic mass is 35.5. The minimum Gasteiger partial charge on any atom is -0.122 e. The standard InChI is InChI=1S/C7H10Cl2/c8-4-7(5-9)6-2-1-3-6/h1-5H2. The van der Waals surface area contributed by atoms with Crippen LogP contribution in [0.1, 0.15) is 19.3 Å². The van der Waals surface area contributed by atoms with Gasteiger partial charge in [0.05, 0.1) is 0 Å². The van der Waals surface area contributed by atoms with Gasteiger partial charge in [-0.2, -0.15) is 0 Å². The monoisotopic (exact) mass is 164 g/mol. The van der Waals surface area contributed by atoms with E-state index in [4.69, 9.17) is 23.2 Å². The van der Waals surface area contributed by atoms with Crippen LogP contribution in [0.3, 0.4) is 0 Å². The van der Waals surface area contributed by atoms with Crippen LogP contribution in [0.15, 0.2) is 11.1 Å². The summed E-state index contributed by atoms with van der Waals surface area (Å²) >= 11 is 11.3. The molecular weight excluding hydrogens is 155 g/mol. The first-order valence-corrected chi connectivity index (χ1v) is 4.27. The second-order valence-corrected chi connectivity index (χ2v) is 2.86. The number of rotatable bonds is 2. The lowest BCUT2D eigenvalue weighted by Gasteiger charge is -2.19. The van der Waals surface area contributed by atoms with Gasteiger partial charge in [0.25, 0.3) is 0 Å². The summed E-state index contributed by atoms with van der Waals surface area (Å²) in [6.07, 6.45) is 3.79. The maximum Gasteiger partial charge on any atom is 0.0447 e. The summed E-state index contributed by atoms with van der Waals surface area (Å²) in [5, 5.41) is 0. The summed E-state index contributed by atoms with van der Waals surface area (Å²) in [5.41, 5.74) is 2.75. The Labute approximate surface area is 65.8 Å². The summed E-state index contributed by atoms with van der Waals surface area (Å²) in [4.78, 5) is 0. The highest BCUT2D eigenvalue weighted by Crippen LogP contribution is 2.29. The molecule has 0 saturated heterocycles. The lowest BCUT2D eigenvalue weighted by Crippen LogP contribution is -2.03. The largest absolute Gasteiger partial charge is 0.122 e. The SMILES string of the molecule is ClCC(CCl)=C1CCC1. The summed E-state index contributed by atoms with van der Waals surface area (Å²) in [7, 11) is 0. The lowest BCUT2D eigenvalue weighted by atomic mass is 9.89. The van der Waals surface area contributed by atoms with Crippen LogP contribution in [0.5, 0.6) is 0 Å². The van der Waals surface area contributed by atoms with E-state index in [1.165, 1.54) is 30.4 Å². The van der Waals surface area contributed by atoms with E-state index in [1.807, 2.05) is 0 Å². The van der Waals surface area contributed by atoms with Crippen LogP contribution in [-0.4, -0.2) is 11.8 Å². The van der Waals surface area contributed by atoms with Gasteiger partial charge in [-0.15, -0.1) is 23.2 Å². The van der Waals surface area contributed by atoms with Crippen molar-refractivity contribution in [2.75, 3.05) is 11.8 Å². The van der Waals surface area contributed by atoms with Gasteiger partial charge in [0.1, 0.15) is 0 Å². The predicted molar refractivity (Wildman–Crippen MR) is 42.3 cm³/mol. The van der Waals surface area contributed by atoms with Crippen LogP contribution in [0.2, 0.25) is 0 Å². The van der Waals surface area contributed by atoms with E-state index in [9.17, 15) is 0 Å².